The van der Waals surface area contributed by atoms with Crippen molar-refractivity contribution in [2.75, 3.05) is 11.6 Å². The van der Waals surface area contributed by atoms with Gasteiger partial charge in [-0.1, -0.05) is 26.0 Å². The lowest BCUT2D eigenvalue weighted by Crippen LogP contribution is -2.29. The van der Waals surface area contributed by atoms with Crippen LogP contribution >= 0.6 is 0 Å². The highest BCUT2D eigenvalue weighted by Crippen LogP contribution is 2.16. The van der Waals surface area contributed by atoms with Crippen molar-refractivity contribution in [3.05, 3.63) is 42.0 Å². The van der Waals surface area contributed by atoms with Gasteiger partial charge in [0, 0.05) is 0 Å². The average molecular weight is 269 g/mol. The second-order valence-corrected chi connectivity index (χ2v) is 3.16. The minimum absolute atomic E-state index is 0.111. The summed E-state index contributed by atoms with van der Waals surface area (Å²) in [7, 11) is 0. The van der Waals surface area contributed by atoms with E-state index in [0.29, 0.717) is 0 Å². The summed E-state index contributed by atoms with van der Waals surface area (Å²) in [6.45, 7) is 5.86. The molecule has 6 heteroatoms. The van der Waals surface area contributed by atoms with Crippen molar-refractivity contribution in [1.82, 2.24) is 0 Å². The Kier molecular flexibility index (Phi) is 7.95. The summed E-state index contributed by atoms with van der Waals surface area (Å²) in [5.41, 5.74) is 5.35. The number of nitrogens with two attached hydrogens (primary N) is 2. The molecule has 1 aromatic rings. The monoisotopic (exact) mass is 269 g/mol. The molecule has 1 aromatic carbocycles. The van der Waals surface area contributed by atoms with Crippen molar-refractivity contribution in [3.63, 3.8) is 0 Å². The van der Waals surface area contributed by atoms with Crippen LogP contribution in [0.1, 0.15) is 20.8 Å². The van der Waals surface area contributed by atoms with Gasteiger partial charge >= 0.3 is 5.97 Å². The van der Waals surface area contributed by atoms with Gasteiger partial charge in [-0.05, 0) is 19.1 Å². The van der Waals surface area contributed by atoms with Gasteiger partial charge in [0.2, 0.25) is 0 Å². The third-order valence-electron chi connectivity index (χ3n) is 1.92. The molecule has 0 atom stereocenters. The highest BCUT2D eigenvalue weighted by molar-refractivity contribution is 5.87. The van der Waals surface area contributed by atoms with Crippen molar-refractivity contribution in [1.29, 1.82) is 0 Å². The number of ether oxygens (including phenoxy) is 1. The van der Waals surface area contributed by atoms with Crippen LogP contribution in [-0.2, 0) is 9.53 Å². The molecule has 0 bridgehead atoms. The number of hydrogen-bond donors (Lipinski definition) is 2. The van der Waals surface area contributed by atoms with E-state index in [1.165, 1.54) is 18.2 Å². The minimum Gasteiger partial charge on any atom is -0.461 e. The molecule has 0 aliphatic rings. The van der Waals surface area contributed by atoms with Gasteiger partial charge in [-0.3, -0.25) is 5.01 Å². The second kappa shape index (κ2) is 8.93. The van der Waals surface area contributed by atoms with Gasteiger partial charge < -0.3 is 10.5 Å². The molecule has 1 rings (SSSR count). The summed E-state index contributed by atoms with van der Waals surface area (Å²) < 4.78 is 18.0. The third kappa shape index (κ3) is 5.39. The lowest BCUT2D eigenvalue weighted by atomic mass is 10.3. The molecule has 0 spiro atoms. The largest absolute Gasteiger partial charge is 0.461 e. The average Bonchev–Trinajstić information content (AvgIpc) is 2.41. The molecule has 0 heterocycles. The second-order valence-electron chi connectivity index (χ2n) is 3.16. The Morgan fingerprint density at radius 3 is 2.53 bits per heavy atom. The van der Waals surface area contributed by atoms with Crippen LogP contribution in [0.25, 0.3) is 0 Å². The molecule has 0 unspecified atom stereocenters. The Labute approximate surface area is 112 Å². The van der Waals surface area contributed by atoms with Crippen molar-refractivity contribution in [2.24, 2.45) is 11.6 Å². The number of carbonyl (C=O) groups is 1. The molecule has 4 N–H and O–H groups in total. The summed E-state index contributed by atoms with van der Waals surface area (Å²) in [5.74, 6) is 4.35. The number of hydrazine groups is 1. The van der Waals surface area contributed by atoms with Crippen LogP contribution in [0, 0.1) is 5.82 Å². The zero-order valence-corrected chi connectivity index (χ0v) is 11.4. The van der Waals surface area contributed by atoms with Gasteiger partial charge in [0.25, 0.3) is 0 Å². The Morgan fingerprint density at radius 2 is 2.00 bits per heavy atom. The summed E-state index contributed by atoms with van der Waals surface area (Å²) in [5, 5.41) is 0.932. The fourth-order valence-corrected chi connectivity index (χ4v) is 1.15. The predicted molar refractivity (Wildman–Crippen MR) is 73.3 cm³/mol. The third-order valence-corrected chi connectivity index (χ3v) is 1.92. The molecular weight excluding hydrogens is 249 g/mol. The van der Waals surface area contributed by atoms with Crippen LogP contribution in [-0.4, -0.2) is 12.6 Å². The van der Waals surface area contributed by atoms with Crippen LogP contribution in [0.2, 0.25) is 0 Å². The number of nitrogens with zero attached hydrogens (tertiary/aromatic N) is 1. The summed E-state index contributed by atoms with van der Waals surface area (Å²) in [6.07, 6.45) is 1.11. The molecule has 0 aliphatic carbocycles. The number of halogens is 1. The lowest BCUT2D eigenvalue weighted by molar-refractivity contribution is -0.138. The SMILES string of the molecule is CC.CCOC(=O)/C(N)=C/N(N)c1ccccc1F. The quantitative estimate of drug-likeness (QED) is 0.377. The van der Waals surface area contributed by atoms with Gasteiger partial charge in [-0.25, -0.2) is 15.0 Å². The highest BCUT2D eigenvalue weighted by Gasteiger charge is 2.10. The van der Waals surface area contributed by atoms with E-state index in [0.717, 1.165) is 11.2 Å². The summed E-state index contributed by atoms with van der Waals surface area (Å²) in [6, 6.07) is 5.87. The fraction of sp³-hybridized carbons (Fsp3) is 0.308. The Bertz CT molecular complexity index is 436. The maximum Gasteiger partial charge on any atom is 0.355 e. The fourth-order valence-electron chi connectivity index (χ4n) is 1.15. The van der Waals surface area contributed by atoms with E-state index in [4.69, 9.17) is 11.6 Å². The van der Waals surface area contributed by atoms with E-state index in [1.54, 1.807) is 13.0 Å². The standard InChI is InChI=1S/C11H14FN3O2.C2H6/c1-2-17-11(16)9(13)7-15(14)10-6-4-3-5-8(10)12;1-2/h3-7H,2,13-14H2,1H3;1-2H3/b9-7-;. The first-order valence-electron chi connectivity index (χ1n) is 5.99. The molecule has 0 fully saturated rings. The zero-order chi connectivity index (χ0) is 14.8. The Morgan fingerprint density at radius 1 is 1.42 bits per heavy atom. The number of hydrogen-bond acceptors (Lipinski definition) is 5. The van der Waals surface area contributed by atoms with Crippen molar-refractivity contribution < 1.29 is 13.9 Å². The van der Waals surface area contributed by atoms with Crippen LogP contribution in [0.3, 0.4) is 0 Å². The number of para-hydroxylation sites is 1. The van der Waals surface area contributed by atoms with E-state index in [2.05, 4.69) is 4.74 Å². The van der Waals surface area contributed by atoms with Crippen LogP contribution in [0.4, 0.5) is 10.1 Å². The van der Waals surface area contributed by atoms with Gasteiger partial charge in [0.05, 0.1) is 18.5 Å². The summed E-state index contributed by atoms with van der Waals surface area (Å²) in [4.78, 5) is 11.2. The first-order chi connectivity index (χ1) is 9.06. The minimum atomic E-state index is -0.695. The maximum atomic E-state index is 13.3. The first kappa shape index (κ1) is 16.9. The molecule has 106 valence electrons. The molecule has 0 amide bonds. The van der Waals surface area contributed by atoms with E-state index < -0.39 is 11.8 Å². The van der Waals surface area contributed by atoms with E-state index in [1.807, 2.05) is 13.8 Å². The van der Waals surface area contributed by atoms with Gasteiger partial charge in [0.15, 0.2) is 0 Å². The first-order valence-corrected chi connectivity index (χ1v) is 5.99. The molecule has 0 saturated heterocycles. The highest BCUT2D eigenvalue weighted by atomic mass is 19.1. The van der Waals surface area contributed by atoms with Crippen molar-refractivity contribution >= 4 is 11.7 Å². The molecule has 0 aliphatic heterocycles. The van der Waals surface area contributed by atoms with Crippen LogP contribution < -0.4 is 16.6 Å². The predicted octanol–water partition coefficient (Wildman–Crippen LogP) is 1.90. The van der Waals surface area contributed by atoms with Crippen molar-refractivity contribution in [2.45, 2.75) is 20.8 Å². The molecule has 0 saturated carbocycles. The Balaban J connectivity index is 0.00000154. The maximum absolute atomic E-state index is 13.3. The molecule has 5 nitrogen and oxygen atoms in total. The number of rotatable bonds is 4. The van der Waals surface area contributed by atoms with E-state index in [-0.39, 0.29) is 18.0 Å². The van der Waals surface area contributed by atoms with Crippen LogP contribution in [0.15, 0.2) is 36.2 Å². The lowest BCUT2D eigenvalue weighted by Gasteiger charge is -2.15. The van der Waals surface area contributed by atoms with Gasteiger partial charge in [-0.2, -0.15) is 0 Å². The molecule has 0 aromatic heterocycles. The molecular formula is C13H20FN3O2. The van der Waals surface area contributed by atoms with Gasteiger partial charge in [0.1, 0.15) is 11.5 Å². The summed E-state index contributed by atoms with van der Waals surface area (Å²) >= 11 is 0. The van der Waals surface area contributed by atoms with E-state index in [9.17, 15) is 9.18 Å². The smallest absolute Gasteiger partial charge is 0.355 e. The number of esters is 1. The number of carbonyl (C=O) groups excluding carboxylic acids is 1. The number of benzene rings is 1. The van der Waals surface area contributed by atoms with Gasteiger partial charge in [-0.15, -0.1) is 0 Å². The molecule has 0 radical (unpaired) electrons. The normalized spacial score (nSPS) is 10.3. The Hall–Kier alpha value is -2.08. The van der Waals surface area contributed by atoms with E-state index >= 15 is 0 Å². The molecule has 19 heavy (non-hydrogen) atoms. The topological polar surface area (TPSA) is 81.6 Å². The van der Waals surface area contributed by atoms with Crippen LogP contribution in [0.5, 0.6) is 0 Å². The van der Waals surface area contributed by atoms with Crippen molar-refractivity contribution in [3.8, 4) is 0 Å². The zero-order valence-electron chi connectivity index (χ0n) is 11.4. The number of anilines is 1.